The summed E-state index contributed by atoms with van der Waals surface area (Å²) in [4.78, 5) is 14.8. The second-order valence-corrected chi connectivity index (χ2v) is 4.13. The van der Waals surface area contributed by atoms with Crippen LogP contribution >= 0.6 is 11.6 Å². The van der Waals surface area contributed by atoms with Gasteiger partial charge >= 0.3 is 5.97 Å². The summed E-state index contributed by atoms with van der Waals surface area (Å²) in [5.74, 6) is -0.319. The van der Waals surface area contributed by atoms with Crippen LogP contribution in [0, 0.1) is 6.92 Å². The minimum absolute atomic E-state index is 0.0330. The van der Waals surface area contributed by atoms with Gasteiger partial charge in [0, 0.05) is 6.07 Å². The van der Waals surface area contributed by atoms with E-state index >= 15 is 0 Å². The number of benzene rings is 1. The first-order valence-electron chi connectivity index (χ1n) is 5.19. The second kappa shape index (κ2) is 5.06. The van der Waals surface area contributed by atoms with Crippen LogP contribution in [0.2, 0.25) is 5.02 Å². The van der Waals surface area contributed by atoms with Crippen LogP contribution in [-0.2, 0) is 0 Å². The Morgan fingerprint density at radius 3 is 2.83 bits per heavy atom. The van der Waals surface area contributed by atoms with E-state index in [9.17, 15) is 4.79 Å². The molecule has 0 amide bonds. The topological polar surface area (TPSA) is 59.4 Å². The summed E-state index contributed by atoms with van der Waals surface area (Å²) in [5, 5.41) is 9.02. The molecule has 1 N–H and O–H groups in total. The van der Waals surface area contributed by atoms with Crippen molar-refractivity contribution >= 4 is 17.6 Å². The SMILES string of the molecule is Cc1cccc(Oc2cc(C(=O)O)c(Cl)cn2)c1. The molecule has 0 saturated heterocycles. The highest BCUT2D eigenvalue weighted by atomic mass is 35.5. The third-order valence-corrected chi connectivity index (χ3v) is 2.57. The number of halogens is 1. The number of carboxylic acids is 1. The predicted octanol–water partition coefficient (Wildman–Crippen LogP) is 3.53. The van der Waals surface area contributed by atoms with E-state index in [2.05, 4.69) is 4.98 Å². The molecule has 0 aliphatic carbocycles. The molecular weight excluding hydrogens is 254 g/mol. The number of carboxylic acid groups (broad SMARTS) is 1. The van der Waals surface area contributed by atoms with Crippen molar-refractivity contribution in [2.45, 2.75) is 6.92 Å². The van der Waals surface area contributed by atoms with Crippen molar-refractivity contribution in [1.29, 1.82) is 0 Å². The molecule has 4 nitrogen and oxygen atoms in total. The quantitative estimate of drug-likeness (QED) is 0.920. The molecule has 0 fully saturated rings. The van der Waals surface area contributed by atoms with Crippen molar-refractivity contribution in [3.8, 4) is 11.6 Å². The molecule has 1 heterocycles. The van der Waals surface area contributed by atoms with Gasteiger partial charge in [-0.25, -0.2) is 9.78 Å². The maximum absolute atomic E-state index is 10.9. The number of rotatable bonds is 3. The molecule has 1 aromatic heterocycles. The summed E-state index contributed by atoms with van der Waals surface area (Å²) in [7, 11) is 0. The first kappa shape index (κ1) is 12.4. The Morgan fingerprint density at radius 2 is 2.17 bits per heavy atom. The molecule has 0 aliphatic heterocycles. The fraction of sp³-hybridized carbons (Fsp3) is 0.0769. The summed E-state index contributed by atoms with van der Waals surface area (Å²) >= 11 is 5.72. The largest absolute Gasteiger partial charge is 0.478 e. The zero-order valence-corrected chi connectivity index (χ0v) is 10.3. The molecule has 0 radical (unpaired) electrons. The molecular formula is C13H10ClNO3. The van der Waals surface area contributed by atoms with E-state index in [1.807, 2.05) is 25.1 Å². The van der Waals surface area contributed by atoms with E-state index in [1.165, 1.54) is 12.3 Å². The number of aromatic nitrogens is 1. The normalized spacial score (nSPS) is 10.1. The van der Waals surface area contributed by atoms with Gasteiger partial charge in [0.15, 0.2) is 0 Å². The van der Waals surface area contributed by atoms with Crippen LogP contribution in [-0.4, -0.2) is 16.1 Å². The molecule has 0 spiro atoms. The van der Waals surface area contributed by atoms with Gasteiger partial charge in [-0.15, -0.1) is 0 Å². The van der Waals surface area contributed by atoms with E-state index in [4.69, 9.17) is 21.4 Å². The van der Waals surface area contributed by atoms with Crippen LogP contribution in [0.15, 0.2) is 36.5 Å². The molecule has 2 rings (SSSR count). The predicted molar refractivity (Wildman–Crippen MR) is 67.5 cm³/mol. The van der Waals surface area contributed by atoms with Crippen LogP contribution in [0.3, 0.4) is 0 Å². The van der Waals surface area contributed by atoms with E-state index in [1.54, 1.807) is 6.07 Å². The number of pyridine rings is 1. The number of carbonyl (C=O) groups is 1. The van der Waals surface area contributed by atoms with Crippen molar-refractivity contribution in [3.63, 3.8) is 0 Å². The van der Waals surface area contributed by atoms with Crippen molar-refractivity contribution in [3.05, 3.63) is 52.7 Å². The number of hydrogen-bond acceptors (Lipinski definition) is 3. The van der Waals surface area contributed by atoms with Gasteiger partial charge in [0.25, 0.3) is 0 Å². The van der Waals surface area contributed by atoms with Crippen molar-refractivity contribution in [1.82, 2.24) is 4.98 Å². The standard InChI is InChI=1S/C13H10ClNO3/c1-8-3-2-4-9(5-8)18-12-6-10(13(16)17)11(14)7-15-12/h2-7H,1H3,(H,16,17). The average Bonchev–Trinajstić information content (AvgIpc) is 2.31. The summed E-state index contributed by atoms with van der Waals surface area (Å²) in [5.41, 5.74) is 1.01. The highest BCUT2D eigenvalue weighted by Crippen LogP contribution is 2.24. The molecule has 18 heavy (non-hydrogen) atoms. The summed E-state index contributed by atoms with van der Waals surface area (Å²) in [6.45, 7) is 1.94. The van der Waals surface area contributed by atoms with E-state index in [0.29, 0.717) is 5.75 Å². The zero-order chi connectivity index (χ0) is 13.1. The van der Waals surface area contributed by atoms with Crippen LogP contribution in [0.4, 0.5) is 0 Å². The summed E-state index contributed by atoms with van der Waals surface area (Å²) in [6.07, 6.45) is 1.26. The van der Waals surface area contributed by atoms with Gasteiger partial charge < -0.3 is 9.84 Å². The van der Waals surface area contributed by atoms with Gasteiger partial charge in [0.2, 0.25) is 5.88 Å². The lowest BCUT2D eigenvalue weighted by molar-refractivity contribution is 0.0696. The Morgan fingerprint density at radius 1 is 1.39 bits per heavy atom. The number of hydrogen-bond donors (Lipinski definition) is 1. The lowest BCUT2D eigenvalue weighted by Gasteiger charge is -2.06. The van der Waals surface area contributed by atoms with Crippen LogP contribution in [0.1, 0.15) is 15.9 Å². The van der Waals surface area contributed by atoms with Gasteiger partial charge in [-0.2, -0.15) is 0 Å². The van der Waals surface area contributed by atoms with E-state index < -0.39 is 5.97 Å². The molecule has 5 heteroatoms. The molecule has 92 valence electrons. The maximum Gasteiger partial charge on any atom is 0.337 e. The Kier molecular flexibility index (Phi) is 3.48. The molecule has 2 aromatic rings. The van der Waals surface area contributed by atoms with Gasteiger partial charge in [-0.3, -0.25) is 0 Å². The van der Waals surface area contributed by atoms with Gasteiger partial charge in [0.1, 0.15) is 5.75 Å². The Hall–Kier alpha value is -2.07. The number of aromatic carboxylic acids is 1. The lowest BCUT2D eigenvalue weighted by atomic mass is 10.2. The van der Waals surface area contributed by atoms with E-state index in [-0.39, 0.29) is 16.5 Å². The van der Waals surface area contributed by atoms with Crippen LogP contribution in [0.5, 0.6) is 11.6 Å². The maximum atomic E-state index is 10.9. The van der Waals surface area contributed by atoms with Gasteiger partial charge in [0.05, 0.1) is 16.8 Å². The monoisotopic (exact) mass is 263 g/mol. The summed E-state index contributed by atoms with van der Waals surface area (Å²) in [6, 6.07) is 8.68. The van der Waals surface area contributed by atoms with Crippen molar-refractivity contribution in [2.24, 2.45) is 0 Å². The number of aryl methyl sites for hydroxylation is 1. The summed E-state index contributed by atoms with van der Waals surface area (Å²) < 4.78 is 5.47. The fourth-order valence-electron chi connectivity index (χ4n) is 1.44. The number of nitrogens with zero attached hydrogens (tertiary/aromatic N) is 1. The fourth-order valence-corrected chi connectivity index (χ4v) is 1.62. The molecule has 1 aromatic carbocycles. The molecule has 0 bridgehead atoms. The minimum atomic E-state index is -1.11. The second-order valence-electron chi connectivity index (χ2n) is 3.73. The van der Waals surface area contributed by atoms with Crippen LogP contribution < -0.4 is 4.74 Å². The van der Waals surface area contributed by atoms with Crippen LogP contribution in [0.25, 0.3) is 0 Å². The Balaban J connectivity index is 2.30. The molecule has 0 unspecified atom stereocenters. The third-order valence-electron chi connectivity index (χ3n) is 2.27. The average molecular weight is 264 g/mol. The highest BCUT2D eigenvalue weighted by Gasteiger charge is 2.11. The highest BCUT2D eigenvalue weighted by molar-refractivity contribution is 6.33. The van der Waals surface area contributed by atoms with E-state index in [0.717, 1.165) is 5.56 Å². The Labute approximate surface area is 109 Å². The van der Waals surface area contributed by atoms with Crippen molar-refractivity contribution in [2.75, 3.05) is 0 Å². The van der Waals surface area contributed by atoms with Gasteiger partial charge in [-0.1, -0.05) is 23.7 Å². The number of ether oxygens (including phenoxy) is 1. The van der Waals surface area contributed by atoms with Gasteiger partial charge in [-0.05, 0) is 24.6 Å². The smallest absolute Gasteiger partial charge is 0.337 e. The Bertz CT molecular complexity index is 599. The molecule has 0 atom stereocenters. The third kappa shape index (κ3) is 2.78. The zero-order valence-electron chi connectivity index (χ0n) is 9.55. The minimum Gasteiger partial charge on any atom is -0.478 e. The van der Waals surface area contributed by atoms with Crippen molar-refractivity contribution < 1.29 is 14.6 Å². The first-order valence-corrected chi connectivity index (χ1v) is 5.57. The molecule has 0 saturated carbocycles. The molecule has 0 aliphatic rings. The lowest BCUT2D eigenvalue weighted by Crippen LogP contribution is -1.99. The first-order chi connectivity index (χ1) is 8.56.